The van der Waals surface area contributed by atoms with Gasteiger partial charge in [-0.25, -0.2) is 0 Å². The Hall–Kier alpha value is -0.790. The molecule has 0 saturated carbocycles. The molecule has 0 radical (unpaired) electrons. The van der Waals surface area contributed by atoms with Crippen molar-refractivity contribution in [3.05, 3.63) is 12.2 Å². The Morgan fingerprint density at radius 2 is 2.44 bits per heavy atom. The van der Waals surface area contributed by atoms with Crippen LogP contribution >= 0.6 is 0 Å². The van der Waals surface area contributed by atoms with Crippen molar-refractivity contribution in [2.75, 3.05) is 6.54 Å². The van der Waals surface area contributed by atoms with Crippen molar-refractivity contribution in [1.29, 1.82) is 0 Å². The number of hydrogen-bond acceptors (Lipinski definition) is 1. The molecule has 50 valence electrons. The zero-order chi connectivity index (χ0) is 6.85. The number of hydrogen-bond donors (Lipinski definition) is 0. The molecule has 1 aliphatic heterocycles. The summed E-state index contributed by atoms with van der Waals surface area (Å²) < 4.78 is 0. The Morgan fingerprint density at radius 1 is 1.78 bits per heavy atom. The third-order valence-electron chi connectivity index (χ3n) is 1.63. The van der Waals surface area contributed by atoms with Gasteiger partial charge in [0.25, 0.3) is 0 Å². The van der Waals surface area contributed by atoms with E-state index in [0.29, 0.717) is 6.04 Å². The minimum atomic E-state index is 0.144. The van der Waals surface area contributed by atoms with Gasteiger partial charge in [0.2, 0.25) is 5.91 Å². The number of nitrogens with zero attached hydrogens (tertiary/aromatic N) is 1. The van der Waals surface area contributed by atoms with Crippen LogP contribution in [0.2, 0.25) is 0 Å². The maximum Gasteiger partial charge on any atom is 0.246 e. The average molecular weight is 125 g/mol. The predicted molar refractivity (Wildman–Crippen MR) is 36.0 cm³/mol. The Labute approximate surface area is 55.2 Å². The summed E-state index contributed by atoms with van der Waals surface area (Å²) >= 11 is 0. The smallest absolute Gasteiger partial charge is 0.246 e. The van der Waals surface area contributed by atoms with Crippen LogP contribution in [0.4, 0.5) is 0 Å². The fourth-order valence-electron chi connectivity index (χ4n) is 1.07. The van der Waals surface area contributed by atoms with E-state index in [-0.39, 0.29) is 5.91 Å². The monoisotopic (exact) mass is 125 g/mol. The summed E-state index contributed by atoms with van der Waals surface area (Å²) in [5, 5.41) is 0. The fraction of sp³-hybridized carbons (Fsp3) is 0.571. The first-order chi connectivity index (χ1) is 4.25. The first-order valence-corrected chi connectivity index (χ1v) is 3.24. The van der Waals surface area contributed by atoms with E-state index >= 15 is 0 Å². The molecule has 1 aliphatic rings. The number of likely N-dealkylation sites (N-methyl/N-ethyl adjacent to an activating group) is 1. The van der Waals surface area contributed by atoms with Gasteiger partial charge in [0.15, 0.2) is 0 Å². The summed E-state index contributed by atoms with van der Waals surface area (Å²) in [5.74, 6) is 0.144. The molecule has 0 N–H and O–H groups in total. The van der Waals surface area contributed by atoms with Gasteiger partial charge >= 0.3 is 0 Å². The molecule has 0 aromatic carbocycles. The van der Waals surface area contributed by atoms with Gasteiger partial charge in [0.05, 0.1) is 0 Å². The minimum Gasteiger partial charge on any atom is -0.333 e. The molecule has 1 rings (SSSR count). The molecule has 2 heteroatoms. The topological polar surface area (TPSA) is 20.3 Å². The van der Waals surface area contributed by atoms with Crippen LogP contribution < -0.4 is 0 Å². The molecule has 0 bridgehead atoms. The van der Waals surface area contributed by atoms with Crippen molar-refractivity contribution in [2.24, 2.45) is 0 Å². The number of rotatable bonds is 1. The van der Waals surface area contributed by atoms with Crippen molar-refractivity contribution < 1.29 is 4.79 Å². The summed E-state index contributed by atoms with van der Waals surface area (Å²) in [4.78, 5) is 12.7. The van der Waals surface area contributed by atoms with Gasteiger partial charge in [-0.1, -0.05) is 6.08 Å². The van der Waals surface area contributed by atoms with Crippen LogP contribution in [0, 0.1) is 0 Å². The molecule has 0 aromatic heterocycles. The van der Waals surface area contributed by atoms with Crippen LogP contribution in [0.15, 0.2) is 12.2 Å². The van der Waals surface area contributed by atoms with Gasteiger partial charge in [0.1, 0.15) is 0 Å². The highest BCUT2D eigenvalue weighted by Gasteiger charge is 2.18. The molecule has 1 unspecified atom stereocenters. The first kappa shape index (κ1) is 6.33. The van der Waals surface area contributed by atoms with E-state index in [1.165, 1.54) is 0 Å². The van der Waals surface area contributed by atoms with Crippen molar-refractivity contribution in [2.45, 2.75) is 19.9 Å². The summed E-state index contributed by atoms with van der Waals surface area (Å²) in [6, 6.07) is 0.308. The number of carbonyl (C=O) groups is 1. The normalized spacial score (nSPS) is 25.8. The number of amides is 1. The van der Waals surface area contributed by atoms with E-state index in [0.717, 1.165) is 6.54 Å². The van der Waals surface area contributed by atoms with Gasteiger partial charge in [0, 0.05) is 18.7 Å². The Bertz CT molecular complexity index is 151. The molecule has 0 fully saturated rings. The molecule has 0 spiro atoms. The molecule has 1 amide bonds. The first-order valence-electron chi connectivity index (χ1n) is 3.24. The lowest BCUT2D eigenvalue weighted by Crippen LogP contribution is -2.31. The second-order valence-corrected chi connectivity index (χ2v) is 2.22. The van der Waals surface area contributed by atoms with Crippen molar-refractivity contribution in [1.82, 2.24) is 4.90 Å². The van der Waals surface area contributed by atoms with Gasteiger partial charge in [-0.15, -0.1) is 0 Å². The molecule has 1 atom stereocenters. The SMILES string of the molecule is CCN1C(=O)C=CC1C. The quantitative estimate of drug-likeness (QED) is 0.507. The third-order valence-corrected chi connectivity index (χ3v) is 1.63. The Balaban J connectivity index is 2.63. The summed E-state index contributed by atoms with van der Waals surface area (Å²) in [7, 11) is 0. The molecule has 2 nitrogen and oxygen atoms in total. The summed E-state index contributed by atoms with van der Waals surface area (Å²) in [6.07, 6.45) is 3.56. The second-order valence-electron chi connectivity index (χ2n) is 2.22. The van der Waals surface area contributed by atoms with E-state index < -0.39 is 0 Å². The van der Waals surface area contributed by atoms with Crippen LogP contribution in [-0.4, -0.2) is 23.4 Å². The highest BCUT2D eigenvalue weighted by Crippen LogP contribution is 2.08. The van der Waals surface area contributed by atoms with Gasteiger partial charge in [-0.3, -0.25) is 4.79 Å². The van der Waals surface area contributed by atoms with E-state index in [9.17, 15) is 4.79 Å². The lowest BCUT2D eigenvalue weighted by molar-refractivity contribution is -0.125. The Morgan fingerprint density at radius 3 is 2.67 bits per heavy atom. The molecule has 1 heterocycles. The van der Waals surface area contributed by atoms with Crippen molar-refractivity contribution >= 4 is 5.91 Å². The van der Waals surface area contributed by atoms with Gasteiger partial charge in [-0.2, -0.15) is 0 Å². The molecule has 0 aromatic rings. The zero-order valence-electron chi connectivity index (χ0n) is 5.79. The van der Waals surface area contributed by atoms with Gasteiger partial charge < -0.3 is 4.90 Å². The summed E-state index contributed by atoms with van der Waals surface area (Å²) in [6.45, 7) is 4.82. The predicted octanol–water partition coefficient (Wildman–Crippen LogP) is 0.793. The molecular weight excluding hydrogens is 114 g/mol. The minimum absolute atomic E-state index is 0.144. The van der Waals surface area contributed by atoms with Crippen LogP contribution in [0.25, 0.3) is 0 Å². The lowest BCUT2D eigenvalue weighted by atomic mass is 10.3. The largest absolute Gasteiger partial charge is 0.333 e. The highest BCUT2D eigenvalue weighted by atomic mass is 16.2. The van der Waals surface area contributed by atoms with E-state index in [4.69, 9.17) is 0 Å². The molecule has 0 saturated heterocycles. The fourth-order valence-corrected chi connectivity index (χ4v) is 1.07. The lowest BCUT2D eigenvalue weighted by Gasteiger charge is -2.18. The van der Waals surface area contributed by atoms with Crippen molar-refractivity contribution in [3.63, 3.8) is 0 Å². The molecular formula is C7H11NO. The zero-order valence-corrected chi connectivity index (χ0v) is 5.79. The van der Waals surface area contributed by atoms with Crippen LogP contribution in [0.1, 0.15) is 13.8 Å². The number of carbonyl (C=O) groups excluding carboxylic acids is 1. The standard InChI is InChI=1S/C7H11NO/c1-3-8-6(2)4-5-7(8)9/h4-6H,3H2,1-2H3. The van der Waals surface area contributed by atoms with E-state index in [2.05, 4.69) is 0 Å². The van der Waals surface area contributed by atoms with Crippen molar-refractivity contribution in [3.8, 4) is 0 Å². The van der Waals surface area contributed by atoms with Gasteiger partial charge in [-0.05, 0) is 13.8 Å². The van der Waals surface area contributed by atoms with Crippen LogP contribution in [0.5, 0.6) is 0 Å². The molecule has 0 aliphatic carbocycles. The summed E-state index contributed by atoms with van der Waals surface area (Å²) in [5.41, 5.74) is 0. The molecule has 9 heavy (non-hydrogen) atoms. The second kappa shape index (κ2) is 2.21. The highest BCUT2D eigenvalue weighted by molar-refractivity contribution is 5.90. The van der Waals surface area contributed by atoms with E-state index in [1.54, 1.807) is 6.08 Å². The van der Waals surface area contributed by atoms with Crippen LogP contribution in [-0.2, 0) is 4.79 Å². The third kappa shape index (κ3) is 0.969. The maximum atomic E-state index is 10.9. The van der Waals surface area contributed by atoms with Crippen LogP contribution in [0.3, 0.4) is 0 Å². The Kier molecular flexibility index (Phi) is 1.56. The van der Waals surface area contributed by atoms with E-state index in [1.807, 2.05) is 24.8 Å². The average Bonchev–Trinajstić information content (AvgIpc) is 2.12. The maximum absolute atomic E-state index is 10.9.